The minimum Gasteiger partial charge on any atom is -0.507 e. The summed E-state index contributed by atoms with van der Waals surface area (Å²) in [5.41, 5.74) is 6.66. The number of ether oxygens (including phenoxy) is 1. The zero-order valence-electron chi connectivity index (χ0n) is 11.8. The summed E-state index contributed by atoms with van der Waals surface area (Å²) < 4.78 is 5.23. The van der Waals surface area contributed by atoms with Crippen molar-refractivity contribution < 1.29 is 14.9 Å². The maximum atomic E-state index is 10.4. The molecular weight excluding hydrogens is 278 g/mol. The highest BCUT2D eigenvalue weighted by molar-refractivity contribution is 5.85. The third-order valence-corrected chi connectivity index (χ3v) is 4.10. The maximum absolute atomic E-state index is 10.4. The lowest BCUT2D eigenvalue weighted by atomic mass is 9.81. The SMILES string of the molecule is COc1cccc(O)c1[C@H](N)[C@H](O)C1CCCCC1.Cl. The van der Waals surface area contributed by atoms with Gasteiger partial charge in [0.25, 0.3) is 0 Å². The first-order valence-electron chi connectivity index (χ1n) is 6.94. The van der Waals surface area contributed by atoms with Gasteiger partial charge in [-0.25, -0.2) is 0 Å². The summed E-state index contributed by atoms with van der Waals surface area (Å²) in [6.45, 7) is 0. The van der Waals surface area contributed by atoms with Crippen LogP contribution in [0.2, 0.25) is 0 Å². The lowest BCUT2D eigenvalue weighted by Crippen LogP contribution is -2.34. The average Bonchev–Trinajstić information content (AvgIpc) is 2.46. The molecule has 1 aliphatic rings. The lowest BCUT2D eigenvalue weighted by molar-refractivity contribution is 0.0603. The zero-order chi connectivity index (χ0) is 13.8. The molecule has 4 N–H and O–H groups in total. The van der Waals surface area contributed by atoms with Gasteiger partial charge in [0.2, 0.25) is 0 Å². The molecule has 5 heteroatoms. The van der Waals surface area contributed by atoms with Crippen LogP contribution in [-0.2, 0) is 0 Å². The largest absolute Gasteiger partial charge is 0.507 e. The highest BCUT2D eigenvalue weighted by Gasteiger charge is 2.30. The number of rotatable bonds is 4. The molecule has 0 amide bonds. The van der Waals surface area contributed by atoms with Gasteiger partial charge in [0.15, 0.2) is 0 Å². The second kappa shape index (κ2) is 7.72. The Hall–Kier alpha value is -0.970. The summed E-state index contributed by atoms with van der Waals surface area (Å²) in [5.74, 6) is 0.831. The standard InChI is InChI=1S/C15H23NO3.ClH/c1-19-12-9-5-8-11(17)13(12)14(16)15(18)10-6-3-2-4-7-10;/h5,8-10,14-15,17-18H,2-4,6-7,16H2,1H3;1H/t14-,15+;/m0./s1. The molecule has 0 unspecified atom stereocenters. The highest BCUT2D eigenvalue weighted by atomic mass is 35.5. The van der Waals surface area contributed by atoms with Crippen molar-refractivity contribution in [3.63, 3.8) is 0 Å². The fraction of sp³-hybridized carbons (Fsp3) is 0.600. The van der Waals surface area contributed by atoms with Crippen LogP contribution in [0.1, 0.15) is 43.7 Å². The molecule has 114 valence electrons. The van der Waals surface area contributed by atoms with Crippen molar-refractivity contribution in [1.82, 2.24) is 0 Å². The lowest BCUT2D eigenvalue weighted by Gasteiger charge is -2.31. The number of phenols is 1. The van der Waals surface area contributed by atoms with Crippen molar-refractivity contribution in [3.8, 4) is 11.5 Å². The smallest absolute Gasteiger partial charge is 0.127 e. The number of methoxy groups -OCH3 is 1. The molecule has 2 rings (SSSR count). The van der Waals surface area contributed by atoms with Crippen LogP contribution in [0.15, 0.2) is 18.2 Å². The van der Waals surface area contributed by atoms with E-state index in [0.29, 0.717) is 11.3 Å². The van der Waals surface area contributed by atoms with Gasteiger partial charge in [-0.05, 0) is 30.9 Å². The zero-order valence-corrected chi connectivity index (χ0v) is 12.6. The Morgan fingerprint density at radius 3 is 2.50 bits per heavy atom. The Morgan fingerprint density at radius 1 is 1.25 bits per heavy atom. The van der Waals surface area contributed by atoms with Crippen molar-refractivity contribution in [2.45, 2.75) is 44.2 Å². The molecule has 0 radical (unpaired) electrons. The van der Waals surface area contributed by atoms with Gasteiger partial charge in [0.1, 0.15) is 11.5 Å². The van der Waals surface area contributed by atoms with E-state index in [4.69, 9.17) is 10.5 Å². The first-order chi connectivity index (χ1) is 9.15. The van der Waals surface area contributed by atoms with E-state index >= 15 is 0 Å². The number of hydrogen-bond acceptors (Lipinski definition) is 4. The number of aliphatic hydroxyl groups is 1. The van der Waals surface area contributed by atoms with Crippen LogP contribution in [0.3, 0.4) is 0 Å². The molecule has 1 fully saturated rings. The van der Waals surface area contributed by atoms with Crippen LogP contribution in [0.4, 0.5) is 0 Å². The van der Waals surface area contributed by atoms with E-state index in [1.54, 1.807) is 18.2 Å². The fourth-order valence-electron chi connectivity index (χ4n) is 2.99. The maximum Gasteiger partial charge on any atom is 0.127 e. The number of halogens is 1. The summed E-state index contributed by atoms with van der Waals surface area (Å²) in [5, 5.41) is 20.4. The predicted molar refractivity (Wildman–Crippen MR) is 81.4 cm³/mol. The van der Waals surface area contributed by atoms with Crippen LogP contribution in [0, 0.1) is 5.92 Å². The molecule has 1 aromatic rings. The van der Waals surface area contributed by atoms with Crippen molar-refractivity contribution >= 4 is 12.4 Å². The molecule has 0 spiro atoms. The molecule has 0 aliphatic heterocycles. The molecule has 1 aromatic carbocycles. The van der Waals surface area contributed by atoms with E-state index in [-0.39, 0.29) is 24.1 Å². The molecule has 1 aliphatic carbocycles. The average molecular weight is 302 g/mol. The minimum atomic E-state index is -0.637. The first-order valence-corrected chi connectivity index (χ1v) is 6.94. The van der Waals surface area contributed by atoms with Gasteiger partial charge >= 0.3 is 0 Å². The number of phenolic OH excluding ortho intramolecular Hbond substituents is 1. The summed E-state index contributed by atoms with van der Waals surface area (Å²) in [6.07, 6.45) is 4.90. The van der Waals surface area contributed by atoms with Crippen LogP contribution in [0.25, 0.3) is 0 Å². The van der Waals surface area contributed by atoms with Gasteiger partial charge in [-0.2, -0.15) is 0 Å². The summed E-state index contributed by atoms with van der Waals surface area (Å²) >= 11 is 0. The van der Waals surface area contributed by atoms with Crippen LogP contribution >= 0.6 is 12.4 Å². The predicted octanol–water partition coefficient (Wildman–Crippen LogP) is 2.76. The van der Waals surface area contributed by atoms with Crippen molar-refractivity contribution in [3.05, 3.63) is 23.8 Å². The number of hydrogen-bond donors (Lipinski definition) is 3. The topological polar surface area (TPSA) is 75.7 Å². The minimum absolute atomic E-state index is 0. The Morgan fingerprint density at radius 2 is 1.90 bits per heavy atom. The Bertz CT molecular complexity index is 422. The third kappa shape index (κ3) is 3.57. The van der Waals surface area contributed by atoms with Gasteiger partial charge in [-0.15, -0.1) is 12.4 Å². The van der Waals surface area contributed by atoms with Crippen LogP contribution in [0.5, 0.6) is 11.5 Å². The molecule has 20 heavy (non-hydrogen) atoms. The summed E-state index contributed by atoms with van der Waals surface area (Å²) in [7, 11) is 1.54. The molecule has 0 saturated heterocycles. The van der Waals surface area contributed by atoms with Gasteiger partial charge in [0.05, 0.1) is 24.8 Å². The second-order valence-electron chi connectivity index (χ2n) is 5.31. The molecular formula is C15H24ClNO3. The molecule has 0 heterocycles. The van der Waals surface area contributed by atoms with Gasteiger partial charge in [-0.3, -0.25) is 0 Å². The molecule has 1 saturated carbocycles. The number of aromatic hydroxyl groups is 1. The van der Waals surface area contributed by atoms with E-state index < -0.39 is 12.1 Å². The molecule has 0 aromatic heterocycles. The van der Waals surface area contributed by atoms with E-state index in [0.717, 1.165) is 25.7 Å². The second-order valence-corrected chi connectivity index (χ2v) is 5.31. The molecule has 0 bridgehead atoms. The van der Waals surface area contributed by atoms with Crippen LogP contribution < -0.4 is 10.5 Å². The first kappa shape index (κ1) is 17.1. The number of benzene rings is 1. The van der Waals surface area contributed by atoms with E-state index in [1.165, 1.54) is 13.5 Å². The normalized spacial score (nSPS) is 18.9. The Kier molecular flexibility index (Phi) is 6.59. The van der Waals surface area contributed by atoms with Crippen molar-refractivity contribution in [2.24, 2.45) is 11.7 Å². The highest BCUT2D eigenvalue weighted by Crippen LogP contribution is 2.38. The van der Waals surface area contributed by atoms with E-state index in [1.807, 2.05) is 0 Å². The molecule has 4 nitrogen and oxygen atoms in total. The fourth-order valence-corrected chi connectivity index (χ4v) is 2.99. The van der Waals surface area contributed by atoms with Crippen molar-refractivity contribution in [1.29, 1.82) is 0 Å². The summed E-state index contributed by atoms with van der Waals surface area (Å²) in [4.78, 5) is 0. The van der Waals surface area contributed by atoms with Gasteiger partial charge in [-0.1, -0.05) is 25.3 Å². The number of aliphatic hydroxyl groups excluding tert-OH is 1. The third-order valence-electron chi connectivity index (χ3n) is 4.10. The Labute approximate surface area is 126 Å². The van der Waals surface area contributed by atoms with Crippen LogP contribution in [-0.4, -0.2) is 23.4 Å². The monoisotopic (exact) mass is 301 g/mol. The quantitative estimate of drug-likeness (QED) is 0.799. The number of nitrogens with two attached hydrogens (primary N) is 1. The Balaban J connectivity index is 0.00000200. The van der Waals surface area contributed by atoms with Gasteiger partial charge in [0, 0.05) is 0 Å². The van der Waals surface area contributed by atoms with Crippen molar-refractivity contribution in [2.75, 3.05) is 7.11 Å². The van der Waals surface area contributed by atoms with E-state index in [2.05, 4.69) is 0 Å². The van der Waals surface area contributed by atoms with E-state index in [9.17, 15) is 10.2 Å². The molecule has 2 atom stereocenters. The van der Waals surface area contributed by atoms with Gasteiger partial charge < -0.3 is 20.7 Å². The summed E-state index contributed by atoms with van der Waals surface area (Å²) in [6, 6.07) is 4.42.